The lowest BCUT2D eigenvalue weighted by atomic mass is 10.3. The maximum Gasteiger partial charge on any atom is 0.349 e. The maximum atomic E-state index is 10.3. The van der Waals surface area contributed by atoms with Crippen LogP contribution in [0.15, 0.2) is 4.99 Å². The number of carbonyl (C=O) groups is 2. The van der Waals surface area contributed by atoms with Gasteiger partial charge in [-0.25, -0.2) is 4.79 Å². The van der Waals surface area contributed by atoms with Crippen molar-refractivity contribution in [3.8, 4) is 0 Å². The predicted octanol–water partition coefficient (Wildman–Crippen LogP) is 0.397. The molecule has 0 bridgehead atoms. The lowest BCUT2D eigenvalue weighted by molar-refractivity contribution is -0.137. The predicted molar refractivity (Wildman–Crippen MR) is 42.5 cm³/mol. The van der Waals surface area contributed by atoms with Crippen molar-refractivity contribution in [3.63, 3.8) is 0 Å². The Labute approximate surface area is 69.7 Å². The van der Waals surface area contributed by atoms with Gasteiger partial charge >= 0.3 is 11.9 Å². The van der Waals surface area contributed by atoms with Crippen LogP contribution >= 0.6 is 0 Å². The first kappa shape index (κ1) is 10.6. The lowest BCUT2D eigenvalue weighted by Crippen LogP contribution is -2.12. The summed E-state index contributed by atoms with van der Waals surface area (Å²) in [6.07, 6.45) is 0.186. The Morgan fingerprint density at radius 1 is 1.33 bits per heavy atom. The van der Waals surface area contributed by atoms with Crippen molar-refractivity contribution in [2.24, 2.45) is 4.99 Å². The van der Waals surface area contributed by atoms with Gasteiger partial charge in [-0.15, -0.1) is 0 Å². The second-order valence-corrected chi connectivity index (χ2v) is 2.13. The Kier molecular flexibility index (Phi) is 4.67. The van der Waals surface area contributed by atoms with Crippen molar-refractivity contribution >= 4 is 17.7 Å². The number of nitrogens with zero attached hydrogens (tertiary/aromatic N) is 1. The summed E-state index contributed by atoms with van der Waals surface area (Å²) in [5.74, 6) is -2.05. The van der Waals surface area contributed by atoms with Gasteiger partial charge in [-0.2, -0.15) is 0 Å². The fourth-order valence-corrected chi connectivity index (χ4v) is 0.617. The Hall–Kier alpha value is -1.39. The standard InChI is InChI=1S/C7H11NO4/c1-2-5(7(11)12)8-4-3-6(9)10/h2-4H2,1H3,(H,9,10)(H,11,12). The highest BCUT2D eigenvalue weighted by atomic mass is 16.4. The average molecular weight is 173 g/mol. The molecule has 0 amide bonds. The molecule has 0 aromatic carbocycles. The molecule has 0 heterocycles. The van der Waals surface area contributed by atoms with E-state index < -0.39 is 11.9 Å². The Bertz CT molecular complexity index is 209. The van der Waals surface area contributed by atoms with E-state index >= 15 is 0 Å². The van der Waals surface area contributed by atoms with Gasteiger partial charge in [0.05, 0.1) is 13.0 Å². The van der Waals surface area contributed by atoms with Gasteiger partial charge in [0.15, 0.2) is 0 Å². The van der Waals surface area contributed by atoms with Crippen molar-refractivity contribution in [1.82, 2.24) is 0 Å². The molecule has 0 aromatic heterocycles. The average Bonchev–Trinajstić information content (AvgIpc) is 1.96. The zero-order chi connectivity index (χ0) is 9.56. The van der Waals surface area contributed by atoms with Crippen molar-refractivity contribution in [1.29, 1.82) is 0 Å². The van der Waals surface area contributed by atoms with E-state index in [1.807, 2.05) is 0 Å². The molecule has 12 heavy (non-hydrogen) atoms. The Balaban J connectivity index is 3.95. The summed E-state index contributed by atoms with van der Waals surface area (Å²) in [6, 6.07) is 0. The van der Waals surface area contributed by atoms with Crippen LogP contribution < -0.4 is 0 Å². The van der Waals surface area contributed by atoms with Crippen LogP contribution in [0, 0.1) is 0 Å². The van der Waals surface area contributed by atoms with Gasteiger partial charge in [0, 0.05) is 0 Å². The smallest absolute Gasteiger partial charge is 0.349 e. The third-order valence-electron chi connectivity index (χ3n) is 1.21. The fraction of sp³-hybridized carbons (Fsp3) is 0.571. The van der Waals surface area contributed by atoms with Crippen LogP contribution in [0.3, 0.4) is 0 Å². The van der Waals surface area contributed by atoms with Crippen LogP contribution in [0.4, 0.5) is 0 Å². The molecule has 0 aromatic rings. The number of carboxylic acid groups (broad SMARTS) is 2. The van der Waals surface area contributed by atoms with E-state index in [1.165, 1.54) is 0 Å². The van der Waals surface area contributed by atoms with E-state index in [0.29, 0.717) is 6.42 Å². The zero-order valence-corrected chi connectivity index (χ0v) is 6.78. The minimum absolute atomic E-state index is 0.0243. The van der Waals surface area contributed by atoms with Crippen molar-refractivity contribution in [3.05, 3.63) is 0 Å². The largest absolute Gasteiger partial charge is 0.481 e. The monoisotopic (exact) mass is 173 g/mol. The van der Waals surface area contributed by atoms with Gasteiger partial charge in [0.1, 0.15) is 5.71 Å². The third-order valence-corrected chi connectivity index (χ3v) is 1.21. The molecule has 2 N–H and O–H groups in total. The summed E-state index contributed by atoms with van der Waals surface area (Å²) in [5, 5.41) is 16.7. The minimum Gasteiger partial charge on any atom is -0.481 e. The second kappa shape index (κ2) is 5.29. The third kappa shape index (κ3) is 4.43. The number of hydrogen-bond donors (Lipinski definition) is 2. The van der Waals surface area contributed by atoms with Crippen LogP contribution in [-0.4, -0.2) is 34.4 Å². The fourth-order valence-electron chi connectivity index (χ4n) is 0.617. The molecule has 0 aliphatic carbocycles. The van der Waals surface area contributed by atoms with Crippen LogP contribution in [0.1, 0.15) is 19.8 Å². The lowest BCUT2D eigenvalue weighted by Gasteiger charge is -1.95. The second-order valence-electron chi connectivity index (χ2n) is 2.13. The van der Waals surface area contributed by atoms with Crippen molar-refractivity contribution < 1.29 is 19.8 Å². The van der Waals surface area contributed by atoms with Crippen LogP contribution in [0.2, 0.25) is 0 Å². The molecule has 0 saturated heterocycles. The van der Waals surface area contributed by atoms with E-state index in [-0.39, 0.29) is 18.7 Å². The van der Waals surface area contributed by atoms with Gasteiger partial charge in [-0.1, -0.05) is 6.92 Å². The molecule has 0 unspecified atom stereocenters. The molecular formula is C7H11NO4. The van der Waals surface area contributed by atoms with Gasteiger partial charge < -0.3 is 10.2 Å². The summed E-state index contributed by atoms with van der Waals surface area (Å²) in [5.41, 5.74) is 0.0243. The molecular weight excluding hydrogens is 162 g/mol. The van der Waals surface area contributed by atoms with E-state index in [0.717, 1.165) is 0 Å². The van der Waals surface area contributed by atoms with Gasteiger partial charge in [0.25, 0.3) is 0 Å². The topological polar surface area (TPSA) is 87.0 Å². The number of hydrogen-bond acceptors (Lipinski definition) is 3. The van der Waals surface area contributed by atoms with E-state index in [4.69, 9.17) is 10.2 Å². The summed E-state index contributed by atoms with van der Waals surface area (Å²) < 4.78 is 0. The highest BCUT2D eigenvalue weighted by Gasteiger charge is 2.05. The first-order valence-corrected chi connectivity index (χ1v) is 3.56. The van der Waals surface area contributed by atoms with E-state index in [9.17, 15) is 9.59 Å². The zero-order valence-electron chi connectivity index (χ0n) is 6.78. The molecule has 0 saturated carbocycles. The molecule has 0 atom stereocenters. The summed E-state index contributed by atoms with van der Waals surface area (Å²) in [7, 11) is 0. The van der Waals surface area contributed by atoms with Crippen LogP contribution in [0.5, 0.6) is 0 Å². The van der Waals surface area contributed by atoms with E-state index in [2.05, 4.69) is 4.99 Å². The Morgan fingerprint density at radius 2 is 1.92 bits per heavy atom. The number of rotatable bonds is 5. The highest BCUT2D eigenvalue weighted by molar-refractivity contribution is 6.35. The maximum absolute atomic E-state index is 10.3. The molecule has 5 nitrogen and oxygen atoms in total. The quantitative estimate of drug-likeness (QED) is 0.589. The molecule has 0 fully saturated rings. The van der Waals surface area contributed by atoms with Crippen LogP contribution in [0.25, 0.3) is 0 Å². The summed E-state index contributed by atoms with van der Waals surface area (Å²) >= 11 is 0. The van der Waals surface area contributed by atoms with Crippen molar-refractivity contribution in [2.75, 3.05) is 6.54 Å². The van der Waals surface area contributed by atoms with Gasteiger partial charge in [-0.05, 0) is 6.42 Å². The van der Waals surface area contributed by atoms with Crippen molar-refractivity contribution in [2.45, 2.75) is 19.8 Å². The number of aliphatic imine (C=N–C) groups is 1. The SMILES string of the molecule is CCC(=NCCC(=O)O)C(=O)O. The highest BCUT2D eigenvalue weighted by Crippen LogP contribution is 1.89. The summed E-state index contributed by atoms with van der Waals surface area (Å²) in [4.78, 5) is 24.0. The molecule has 0 spiro atoms. The first-order valence-electron chi connectivity index (χ1n) is 3.56. The van der Waals surface area contributed by atoms with Gasteiger partial charge in [0.2, 0.25) is 0 Å². The molecule has 0 rings (SSSR count). The number of carboxylic acids is 2. The van der Waals surface area contributed by atoms with Crippen LogP contribution in [-0.2, 0) is 9.59 Å². The molecule has 0 aliphatic heterocycles. The molecule has 0 aliphatic rings. The number of aliphatic carboxylic acids is 2. The first-order chi connectivity index (χ1) is 5.57. The van der Waals surface area contributed by atoms with Gasteiger partial charge in [-0.3, -0.25) is 9.79 Å². The summed E-state index contributed by atoms with van der Waals surface area (Å²) in [6.45, 7) is 1.69. The minimum atomic E-state index is -1.08. The normalized spacial score (nSPS) is 11.2. The molecule has 68 valence electrons. The molecule has 5 heteroatoms. The Morgan fingerprint density at radius 3 is 2.25 bits per heavy atom. The van der Waals surface area contributed by atoms with E-state index in [1.54, 1.807) is 6.92 Å². The molecule has 0 radical (unpaired) electrons.